The lowest BCUT2D eigenvalue weighted by atomic mass is 10.3. The summed E-state index contributed by atoms with van der Waals surface area (Å²) >= 11 is 0. The monoisotopic (exact) mass is 142 g/mol. The molecule has 0 saturated carbocycles. The first-order valence-electron chi connectivity index (χ1n) is 4.10. The fourth-order valence-corrected chi connectivity index (χ4v) is 0.716. The number of ether oxygens (including phenoxy) is 1. The molecule has 0 atom stereocenters. The van der Waals surface area contributed by atoms with Gasteiger partial charge in [-0.3, -0.25) is 0 Å². The third kappa shape index (κ3) is 7.70. The first kappa shape index (κ1) is 9.70. The first-order chi connectivity index (χ1) is 4.91. The van der Waals surface area contributed by atoms with Crippen LogP contribution in [0.15, 0.2) is 12.2 Å². The Morgan fingerprint density at radius 3 is 2.70 bits per heavy atom. The van der Waals surface area contributed by atoms with Gasteiger partial charge in [-0.15, -0.1) is 0 Å². The molecule has 0 aliphatic rings. The molecule has 1 nitrogen and oxygen atoms in total. The molecule has 0 aliphatic heterocycles. The topological polar surface area (TPSA) is 9.23 Å². The Hall–Kier alpha value is -0.300. The second-order valence-corrected chi connectivity index (χ2v) is 2.32. The zero-order chi connectivity index (χ0) is 7.66. The van der Waals surface area contributed by atoms with Gasteiger partial charge in [0.15, 0.2) is 0 Å². The largest absolute Gasteiger partial charge is 0.381 e. The van der Waals surface area contributed by atoms with Crippen LogP contribution in [-0.2, 0) is 4.74 Å². The van der Waals surface area contributed by atoms with Crippen LogP contribution >= 0.6 is 0 Å². The Labute approximate surface area is 64.1 Å². The van der Waals surface area contributed by atoms with E-state index >= 15 is 0 Å². The average molecular weight is 142 g/mol. The molecule has 0 N–H and O–H groups in total. The normalized spacial score (nSPS) is 11.0. The highest BCUT2D eigenvalue weighted by Crippen LogP contribution is 1.92. The molecule has 0 saturated heterocycles. The highest BCUT2D eigenvalue weighted by Gasteiger charge is 1.83. The van der Waals surface area contributed by atoms with Gasteiger partial charge in [0.2, 0.25) is 0 Å². The zero-order valence-electron chi connectivity index (χ0n) is 7.10. The molecular weight excluding hydrogens is 124 g/mol. The van der Waals surface area contributed by atoms with Gasteiger partial charge in [-0.25, -0.2) is 0 Å². The van der Waals surface area contributed by atoms with Gasteiger partial charge in [0.05, 0.1) is 0 Å². The third-order valence-electron chi connectivity index (χ3n) is 1.24. The lowest BCUT2D eigenvalue weighted by molar-refractivity contribution is 0.133. The van der Waals surface area contributed by atoms with Crippen LogP contribution in [0.1, 0.15) is 33.1 Å². The van der Waals surface area contributed by atoms with Gasteiger partial charge in [-0.05, 0) is 26.2 Å². The van der Waals surface area contributed by atoms with E-state index in [4.69, 9.17) is 4.74 Å². The van der Waals surface area contributed by atoms with Gasteiger partial charge in [0.1, 0.15) is 0 Å². The summed E-state index contributed by atoms with van der Waals surface area (Å²) in [6, 6.07) is 0. The van der Waals surface area contributed by atoms with Crippen molar-refractivity contribution in [3.8, 4) is 0 Å². The van der Waals surface area contributed by atoms with E-state index in [9.17, 15) is 0 Å². The molecule has 0 heterocycles. The zero-order valence-corrected chi connectivity index (χ0v) is 7.10. The molecular formula is C9H18O. The smallest absolute Gasteiger partial charge is 0.0468 e. The second-order valence-electron chi connectivity index (χ2n) is 2.32. The fourth-order valence-electron chi connectivity index (χ4n) is 0.716. The third-order valence-corrected chi connectivity index (χ3v) is 1.24. The predicted octanol–water partition coefficient (Wildman–Crippen LogP) is 2.77. The highest BCUT2D eigenvalue weighted by molar-refractivity contribution is 4.75. The maximum atomic E-state index is 5.30. The van der Waals surface area contributed by atoms with Crippen molar-refractivity contribution in [3.63, 3.8) is 0 Å². The summed E-state index contributed by atoms with van der Waals surface area (Å²) in [5.41, 5.74) is 0. The molecule has 1 heteroatoms. The molecule has 0 radical (unpaired) electrons. The Morgan fingerprint density at radius 2 is 2.10 bits per heavy atom. The Bertz CT molecular complexity index is 76.8. The lowest BCUT2D eigenvalue weighted by Crippen LogP contribution is -1.94. The number of allylic oxidation sites excluding steroid dienone is 2. The van der Waals surface area contributed by atoms with Crippen LogP contribution in [0.25, 0.3) is 0 Å². The molecule has 0 spiro atoms. The van der Waals surface area contributed by atoms with Crippen LogP contribution in [0.5, 0.6) is 0 Å². The van der Waals surface area contributed by atoms with E-state index in [-0.39, 0.29) is 0 Å². The minimum atomic E-state index is 0.913. The molecule has 0 bridgehead atoms. The van der Waals surface area contributed by atoms with E-state index in [1.54, 1.807) is 0 Å². The Balaban J connectivity index is 2.77. The number of unbranched alkanes of at least 4 members (excludes halogenated alkanes) is 1. The van der Waals surface area contributed by atoms with E-state index in [0.29, 0.717) is 0 Å². The molecule has 0 aromatic heterocycles. The van der Waals surface area contributed by atoms with Crippen LogP contribution in [0.2, 0.25) is 0 Å². The average Bonchev–Trinajstić information content (AvgIpc) is 1.97. The van der Waals surface area contributed by atoms with Crippen molar-refractivity contribution in [2.45, 2.75) is 33.1 Å². The van der Waals surface area contributed by atoms with E-state index < -0.39 is 0 Å². The van der Waals surface area contributed by atoms with Gasteiger partial charge < -0.3 is 4.74 Å². The van der Waals surface area contributed by atoms with Gasteiger partial charge in [0.25, 0.3) is 0 Å². The molecule has 0 amide bonds. The molecule has 60 valence electrons. The van der Waals surface area contributed by atoms with Crippen molar-refractivity contribution < 1.29 is 4.74 Å². The Kier molecular flexibility index (Phi) is 8.44. The van der Waals surface area contributed by atoms with Crippen molar-refractivity contribution in [2.24, 2.45) is 0 Å². The molecule has 0 fully saturated rings. The van der Waals surface area contributed by atoms with Crippen molar-refractivity contribution in [1.29, 1.82) is 0 Å². The van der Waals surface area contributed by atoms with Crippen LogP contribution in [0, 0.1) is 0 Å². The van der Waals surface area contributed by atoms with Crippen molar-refractivity contribution >= 4 is 0 Å². The van der Waals surface area contributed by atoms with E-state index in [2.05, 4.69) is 19.1 Å². The summed E-state index contributed by atoms with van der Waals surface area (Å²) < 4.78 is 5.30. The highest BCUT2D eigenvalue weighted by atomic mass is 16.5. The number of rotatable bonds is 6. The van der Waals surface area contributed by atoms with Crippen LogP contribution in [0.3, 0.4) is 0 Å². The van der Waals surface area contributed by atoms with Crippen LogP contribution in [-0.4, -0.2) is 13.2 Å². The first-order valence-corrected chi connectivity index (χ1v) is 4.10. The molecule has 0 rings (SSSR count). The lowest BCUT2D eigenvalue weighted by Gasteiger charge is -1.98. The van der Waals surface area contributed by atoms with Crippen molar-refractivity contribution in [3.05, 3.63) is 12.2 Å². The quantitative estimate of drug-likeness (QED) is 0.409. The van der Waals surface area contributed by atoms with Crippen LogP contribution < -0.4 is 0 Å². The summed E-state index contributed by atoms with van der Waals surface area (Å²) in [6.07, 6.45) is 7.70. The van der Waals surface area contributed by atoms with Gasteiger partial charge >= 0.3 is 0 Å². The maximum absolute atomic E-state index is 5.30. The summed E-state index contributed by atoms with van der Waals surface area (Å²) in [7, 11) is 0. The summed E-state index contributed by atoms with van der Waals surface area (Å²) in [5, 5.41) is 0. The van der Waals surface area contributed by atoms with E-state index in [1.807, 2.05) is 6.92 Å². The van der Waals surface area contributed by atoms with E-state index in [1.165, 1.54) is 0 Å². The minimum absolute atomic E-state index is 0.913. The van der Waals surface area contributed by atoms with Gasteiger partial charge in [-0.1, -0.05) is 19.1 Å². The van der Waals surface area contributed by atoms with Crippen LogP contribution in [0.4, 0.5) is 0 Å². The minimum Gasteiger partial charge on any atom is -0.381 e. The number of hydrogen-bond acceptors (Lipinski definition) is 1. The Morgan fingerprint density at radius 1 is 1.30 bits per heavy atom. The molecule has 0 aromatic rings. The fraction of sp³-hybridized carbons (Fsp3) is 0.778. The summed E-state index contributed by atoms with van der Waals surface area (Å²) in [6.45, 7) is 6.01. The standard InChI is InChI=1S/C9H18O/c1-3-5-6-7-9-10-8-4-2/h3,5H,4,6-9H2,1-2H3/b5-3+. The van der Waals surface area contributed by atoms with Gasteiger partial charge in [0, 0.05) is 13.2 Å². The number of hydrogen-bond donors (Lipinski definition) is 0. The SMILES string of the molecule is C/C=C/CCCOCCC. The maximum Gasteiger partial charge on any atom is 0.0468 e. The second kappa shape index (κ2) is 8.70. The molecule has 10 heavy (non-hydrogen) atoms. The predicted molar refractivity (Wildman–Crippen MR) is 45.2 cm³/mol. The molecule has 0 aliphatic carbocycles. The summed E-state index contributed by atoms with van der Waals surface area (Å²) in [5.74, 6) is 0. The summed E-state index contributed by atoms with van der Waals surface area (Å²) in [4.78, 5) is 0. The van der Waals surface area contributed by atoms with Crippen molar-refractivity contribution in [1.82, 2.24) is 0 Å². The van der Waals surface area contributed by atoms with E-state index in [0.717, 1.165) is 32.5 Å². The molecule has 0 aromatic carbocycles. The van der Waals surface area contributed by atoms with Gasteiger partial charge in [-0.2, -0.15) is 0 Å². The van der Waals surface area contributed by atoms with Crippen molar-refractivity contribution in [2.75, 3.05) is 13.2 Å². The molecule has 0 unspecified atom stereocenters.